The minimum absolute atomic E-state index is 0.188. The second-order valence-electron chi connectivity index (χ2n) is 9.43. The standard InChI is InChI=1S/C27H35N3O3/c1-6-20(9-7-18(2)3)10-8-19(4)27-28-26(29-33-27)23-13-11-22(12-14-23)24-15-21(16-25(31)32)17-30(24)5/h6,8,10-14,18,21,24H,1,7,9,15-17H2,2-5H3,(H,31,32)/b19-8+,20-10+. The first-order valence-corrected chi connectivity index (χ1v) is 11.6. The van der Waals surface area contributed by atoms with Crippen LogP contribution in [0.1, 0.15) is 64.0 Å². The van der Waals surface area contributed by atoms with Gasteiger partial charge in [-0.2, -0.15) is 4.98 Å². The van der Waals surface area contributed by atoms with Gasteiger partial charge < -0.3 is 9.63 Å². The van der Waals surface area contributed by atoms with Crippen molar-refractivity contribution in [3.63, 3.8) is 0 Å². The minimum atomic E-state index is -0.728. The van der Waals surface area contributed by atoms with Crippen molar-refractivity contribution < 1.29 is 14.4 Å². The fourth-order valence-corrected chi connectivity index (χ4v) is 4.26. The number of likely N-dealkylation sites (tertiary alicyclic amines) is 1. The lowest BCUT2D eigenvalue weighted by Crippen LogP contribution is -2.18. The number of aromatic nitrogens is 2. The maximum absolute atomic E-state index is 11.0. The van der Waals surface area contributed by atoms with E-state index in [-0.39, 0.29) is 18.4 Å². The number of carboxylic acids is 1. The average molecular weight is 450 g/mol. The molecule has 2 unspecified atom stereocenters. The van der Waals surface area contributed by atoms with E-state index in [1.54, 1.807) is 0 Å². The van der Waals surface area contributed by atoms with Gasteiger partial charge in [0, 0.05) is 30.1 Å². The van der Waals surface area contributed by atoms with Crippen LogP contribution in [-0.2, 0) is 4.79 Å². The Hall–Kier alpha value is -2.99. The zero-order valence-electron chi connectivity index (χ0n) is 20.1. The highest BCUT2D eigenvalue weighted by Gasteiger charge is 2.31. The van der Waals surface area contributed by atoms with Gasteiger partial charge in [0.25, 0.3) is 5.89 Å². The van der Waals surface area contributed by atoms with Crippen LogP contribution in [0.2, 0.25) is 0 Å². The molecule has 176 valence electrons. The molecule has 0 bridgehead atoms. The number of allylic oxidation sites excluding steroid dienone is 5. The van der Waals surface area contributed by atoms with E-state index >= 15 is 0 Å². The molecule has 1 aromatic carbocycles. The molecule has 3 rings (SSSR count). The maximum Gasteiger partial charge on any atom is 0.303 e. The quantitative estimate of drug-likeness (QED) is 0.438. The van der Waals surface area contributed by atoms with Gasteiger partial charge in [-0.1, -0.05) is 68.1 Å². The van der Waals surface area contributed by atoms with Crippen molar-refractivity contribution in [3.05, 3.63) is 66.1 Å². The Kier molecular flexibility index (Phi) is 8.39. The second kappa shape index (κ2) is 11.2. The third-order valence-electron chi connectivity index (χ3n) is 6.24. The molecule has 0 aliphatic carbocycles. The van der Waals surface area contributed by atoms with Crippen molar-refractivity contribution in [1.29, 1.82) is 0 Å². The normalized spacial score (nSPS) is 19.9. The van der Waals surface area contributed by atoms with Crippen LogP contribution >= 0.6 is 0 Å². The fraction of sp³-hybridized carbons (Fsp3) is 0.444. The van der Waals surface area contributed by atoms with E-state index in [0.29, 0.717) is 17.6 Å². The van der Waals surface area contributed by atoms with E-state index in [0.717, 1.165) is 36.9 Å². The van der Waals surface area contributed by atoms with Crippen LogP contribution in [0.15, 0.2) is 59.2 Å². The van der Waals surface area contributed by atoms with E-state index < -0.39 is 5.97 Å². The minimum Gasteiger partial charge on any atom is -0.481 e. The van der Waals surface area contributed by atoms with Crippen LogP contribution in [0.4, 0.5) is 0 Å². The van der Waals surface area contributed by atoms with Crippen molar-refractivity contribution in [2.24, 2.45) is 11.8 Å². The molecule has 1 N–H and O–H groups in total. The molecule has 1 aromatic heterocycles. The average Bonchev–Trinajstić information content (AvgIpc) is 3.40. The molecule has 2 aromatic rings. The highest BCUT2D eigenvalue weighted by atomic mass is 16.5. The second-order valence-corrected chi connectivity index (χ2v) is 9.43. The van der Waals surface area contributed by atoms with Crippen LogP contribution in [0, 0.1) is 11.8 Å². The monoisotopic (exact) mass is 449 g/mol. The zero-order valence-corrected chi connectivity index (χ0v) is 20.1. The maximum atomic E-state index is 11.0. The Morgan fingerprint density at radius 1 is 1.30 bits per heavy atom. The fourth-order valence-electron chi connectivity index (χ4n) is 4.26. The Labute approximate surface area is 196 Å². The summed E-state index contributed by atoms with van der Waals surface area (Å²) in [4.78, 5) is 17.8. The van der Waals surface area contributed by atoms with Gasteiger partial charge in [0.05, 0.1) is 0 Å². The molecule has 6 nitrogen and oxygen atoms in total. The predicted octanol–water partition coefficient (Wildman–Crippen LogP) is 6.16. The van der Waals surface area contributed by atoms with Gasteiger partial charge in [-0.05, 0) is 56.2 Å². The van der Waals surface area contributed by atoms with E-state index in [1.807, 2.05) is 31.2 Å². The van der Waals surface area contributed by atoms with Gasteiger partial charge >= 0.3 is 5.97 Å². The van der Waals surface area contributed by atoms with Crippen LogP contribution in [-0.4, -0.2) is 39.7 Å². The Morgan fingerprint density at radius 2 is 2.03 bits per heavy atom. The van der Waals surface area contributed by atoms with E-state index in [2.05, 4.69) is 60.7 Å². The highest BCUT2D eigenvalue weighted by Crippen LogP contribution is 2.36. The summed E-state index contributed by atoms with van der Waals surface area (Å²) in [6.07, 6.45) is 9.18. The number of aliphatic carboxylic acids is 1. The van der Waals surface area contributed by atoms with Crippen LogP contribution in [0.25, 0.3) is 17.0 Å². The molecule has 2 heterocycles. The number of carboxylic acid groups (broad SMARTS) is 1. The van der Waals surface area contributed by atoms with Gasteiger partial charge in [-0.3, -0.25) is 9.69 Å². The van der Waals surface area contributed by atoms with E-state index in [9.17, 15) is 4.79 Å². The van der Waals surface area contributed by atoms with E-state index in [1.165, 1.54) is 11.1 Å². The molecule has 2 atom stereocenters. The molecule has 0 saturated carbocycles. The van der Waals surface area contributed by atoms with Crippen LogP contribution < -0.4 is 0 Å². The van der Waals surface area contributed by atoms with Crippen molar-refractivity contribution in [3.8, 4) is 11.4 Å². The SMILES string of the molecule is C=C/C(=C\C=C(/C)c1nc(-c2ccc(C3CC(CC(=O)O)CN3C)cc2)no1)CCC(C)C. The lowest BCUT2D eigenvalue weighted by molar-refractivity contribution is -0.138. The summed E-state index contributed by atoms with van der Waals surface area (Å²) in [7, 11) is 2.05. The molecule has 0 spiro atoms. The molecule has 1 saturated heterocycles. The first-order chi connectivity index (χ1) is 15.8. The molecule has 6 heteroatoms. The molecule has 1 aliphatic rings. The first kappa shape index (κ1) is 24.6. The van der Waals surface area contributed by atoms with E-state index in [4.69, 9.17) is 9.63 Å². The summed E-state index contributed by atoms with van der Waals surface area (Å²) >= 11 is 0. The summed E-state index contributed by atoms with van der Waals surface area (Å²) in [5, 5.41) is 13.2. The van der Waals surface area contributed by atoms with Gasteiger partial charge in [-0.15, -0.1) is 0 Å². The molecule has 1 fully saturated rings. The van der Waals surface area contributed by atoms with Gasteiger partial charge in [0.1, 0.15) is 0 Å². The Bertz CT molecular complexity index is 1020. The van der Waals surface area contributed by atoms with Gasteiger partial charge in [0.15, 0.2) is 0 Å². The van der Waals surface area contributed by atoms with Crippen molar-refractivity contribution >= 4 is 11.5 Å². The third kappa shape index (κ3) is 6.75. The predicted molar refractivity (Wildman–Crippen MR) is 131 cm³/mol. The first-order valence-electron chi connectivity index (χ1n) is 11.6. The van der Waals surface area contributed by atoms with Crippen LogP contribution in [0.3, 0.4) is 0 Å². The Morgan fingerprint density at radius 3 is 2.67 bits per heavy atom. The molecule has 0 radical (unpaired) electrons. The summed E-state index contributed by atoms with van der Waals surface area (Å²) in [5.74, 6) is 1.18. The number of hydrogen-bond acceptors (Lipinski definition) is 5. The summed E-state index contributed by atoms with van der Waals surface area (Å²) in [6.45, 7) is 11.1. The number of benzene rings is 1. The highest BCUT2D eigenvalue weighted by molar-refractivity contribution is 5.67. The number of rotatable bonds is 10. The lowest BCUT2D eigenvalue weighted by atomic mass is 9.97. The number of carbonyl (C=O) groups is 1. The Balaban J connectivity index is 1.68. The third-order valence-corrected chi connectivity index (χ3v) is 6.24. The summed E-state index contributed by atoms with van der Waals surface area (Å²) in [5.41, 5.74) is 4.17. The van der Waals surface area contributed by atoms with Gasteiger partial charge in [-0.25, -0.2) is 0 Å². The lowest BCUT2D eigenvalue weighted by Gasteiger charge is -2.19. The van der Waals surface area contributed by atoms with Gasteiger partial charge in [0.2, 0.25) is 5.82 Å². The zero-order chi connectivity index (χ0) is 24.0. The molecular weight excluding hydrogens is 414 g/mol. The summed E-state index contributed by atoms with van der Waals surface area (Å²) < 4.78 is 5.49. The number of nitrogens with zero attached hydrogens (tertiary/aromatic N) is 3. The summed E-state index contributed by atoms with van der Waals surface area (Å²) in [6, 6.07) is 8.39. The molecule has 0 amide bonds. The topological polar surface area (TPSA) is 79.5 Å². The van der Waals surface area contributed by atoms with Crippen molar-refractivity contribution in [2.45, 2.75) is 52.5 Å². The van der Waals surface area contributed by atoms with Crippen LogP contribution in [0.5, 0.6) is 0 Å². The number of hydrogen-bond donors (Lipinski definition) is 1. The largest absolute Gasteiger partial charge is 0.481 e. The molecular formula is C27H35N3O3. The van der Waals surface area contributed by atoms with Crippen molar-refractivity contribution in [2.75, 3.05) is 13.6 Å². The smallest absolute Gasteiger partial charge is 0.303 e. The molecule has 1 aliphatic heterocycles. The van der Waals surface area contributed by atoms with Crippen molar-refractivity contribution in [1.82, 2.24) is 15.0 Å². The molecule has 33 heavy (non-hydrogen) atoms.